The van der Waals surface area contributed by atoms with E-state index in [-0.39, 0.29) is 25.4 Å². The first-order chi connectivity index (χ1) is 16.6. The van der Waals surface area contributed by atoms with Crippen molar-refractivity contribution in [2.24, 2.45) is 0 Å². The van der Waals surface area contributed by atoms with Gasteiger partial charge in [-0.3, -0.25) is 10.7 Å². The average molecular weight is 567 g/mol. The molecule has 0 radical (unpaired) electrons. The Hall–Kier alpha value is -2.67. The number of amides is 1. The van der Waals surface area contributed by atoms with Crippen molar-refractivity contribution in [3.8, 4) is 11.1 Å². The van der Waals surface area contributed by atoms with E-state index in [4.69, 9.17) is 10.1 Å². The number of hydrogen-bond acceptors (Lipinski definition) is 9. The minimum atomic E-state index is -3.96. The number of hydrogen-bond donors (Lipinski definition) is 2. The van der Waals surface area contributed by atoms with Crippen LogP contribution in [-0.2, 0) is 24.4 Å². The van der Waals surface area contributed by atoms with Gasteiger partial charge in [0.1, 0.15) is 11.4 Å². The van der Waals surface area contributed by atoms with Crippen molar-refractivity contribution in [3.63, 3.8) is 0 Å². The number of thiophene rings is 1. The van der Waals surface area contributed by atoms with Crippen molar-refractivity contribution in [2.45, 2.75) is 45.3 Å². The summed E-state index contributed by atoms with van der Waals surface area (Å²) >= 11 is 2.32. The molecule has 0 bridgehead atoms. The quantitative estimate of drug-likeness (QED) is 0.238. The minimum Gasteiger partial charge on any atom is -0.444 e. The third-order valence-corrected chi connectivity index (χ3v) is 10.2. The Kier molecular flexibility index (Phi) is 8.04. The van der Waals surface area contributed by atoms with E-state index in [9.17, 15) is 21.6 Å². The molecular weight excluding hydrogens is 541 g/mol. The zero-order chi connectivity index (χ0) is 26.9. The van der Waals surface area contributed by atoms with Gasteiger partial charge in [0, 0.05) is 6.26 Å². The van der Waals surface area contributed by atoms with Gasteiger partial charge in [-0.2, -0.15) is 0 Å². The molecule has 0 unspecified atom stereocenters. The van der Waals surface area contributed by atoms with E-state index < -0.39 is 31.4 Å². The van der Waals surface area contributed by atoms with Crippen molar-refractivity contribution in [1.82, 2.24) is 5.32 Å². The molecule has 3 aromatic rings. The second kappa shape index (κ2) is 10.4. The van der Waals surface area contributed by atoms with Crippen LogP contribution in [0, 0.1) is 5.41 Å². The van der Waals surface area contributed by atoms with E-state index in [1.54, 1.807) is 51.3 Å². The van der Waals surface area contributed by atoms with Gasteiger partial charge in [0.15, 0.2) is 9.84 Å². The zero-order valence-electron chi connectivity index (χ0n) is 20.3. The van der Waals surface area contributed by atoms with Gasteiger partial charge in [0.05, 0.1) is 23.8 Å². The fourth-order valence-corrected chi connectivity index (χ4v) is 7.72. The normalized spacial score (nSPS) is 12.2. The Morgan fingerprint density at radius 1 is 0.972 bits per heavy atom. The maximum absolute atomic E-state index is 13.6. The van der Waals surface area contributed by atoms with E-state index in [1.807, 2.05) is 0 Å². The summed E-state index contributed by atoms with van der Waals surface area (Å²) in [6.45, 7) is 5.10. The summed E-state index contributed by atoms with van der Waals surface area (Å²) in [7, 11) is -7.31. The molecule has 8 nitrogen and oxygen atoms in total. The van der Waals surface area contributed by atoms with E-state index in [1.165, 1.54) is 42.1 Å². The van der Waals surface area contributed by atoms with E-state index in [2.05, 4.69) is 5.32 Å². The van der Waals surface area contributed by atoms with Crippen LogP contribution in [0.2, 0.25) is 0 Å². The molecule has 0 aliphatic rings. The van der Waals surface area contributed by atoms with Gasteiger partial charge in [-0.15, -0.1) is 23.1 Å². The van der Waals surface area contributed by atoms with E-state index in [0.717, 1.165) is 17.6 Å². The molecule has 3 rings (SSSR count). The first-order valence-electron chi connectivity index (χ1n) is 10.5. The first kappa shape index (κ1) is 27.9. The molecule has 0 saturated heterocycles. The van der Waals surface area contributed by atoms with Gasteiger partial charge in [-0.05, 0) is 68.5 Å². The van der Waals surface area contributed by atoms with Crippen LogP contribution in [0.4, 0.5) is 4.79 Å². The lowest BCUT2D eigenvalue weighted by atomic mass is 10.1. The molecule has 1 heterocycles. The molecule has 0 fully saturated rings. The molecule has 0 atom stereocenters. The number of carbonyl (C=O) groups excluding carboxylic acids is 1. The summed E-state index contributed by atoms with van der Waals surface area (Å²) in [5, 5.41) is 10.6. The molecule has 36 heavy (non-hydrogen) atoms. The standard InChI is InChI=1S/C24H26N2O6S4/c1-24(2,3)32-23(27)26-21(25)19-14-20(22(33-4)34-19)36(30,31)18-8-6-7-16(13-18)15-9-11-17(12-10-15)35(5,28)29/h6-14H,1-5H3,(H2,25,26,27). The van der Waals surface area contributed by atoms with Gasteiger partial charge >= 0.3 is 6.09 Å². The number of sulfone groups is 2. The molecule has 1 aromatic heterocycles. The molecule has 2 N–H and O–H groups in total. The van der Waals surface area contributed by atoms with Crippen LogP contribution in [0.5, 0.6) is 0 Å². The third kappa shape index (κ3) is 6.55. The highest BCUT2D eigenvalue weighted by atomic mass is 32.2. The Morgan fingerprint density at radius 2 is 1.61 bits per heavy atom. The molecular formula is C24H26N2O6S4. The SMILES string of the molecule is CSc1sc(C(=N)NC(=O)OC(C)(C)C)cc1S(=O)(=O)c1cccc(-c2ccc(S(C)(=O)=O)cc2)c1. The van der Waals surface area contributed by atoms with Crippen molar-refractivity contribution >= 4 is 54.7 Å². The van der Waals surface area contributed by atoms with Gasteiger partial charge in [-0.25, -0.2) is 21.6 Å². The molecule has 0 saturated carbocycles. The lowest BCUT2D eigenvalue weighted by Gasteiger charge is -2.19. The second-order valence-electron chi connectivity index (χ2n) is 8.80. The number of benzene rings is 2. The van der Waals surface area contributed by atoms with Crippen LogP contribution in [0.25, 0.3) is 11.1 Å². The summed E-state index contributed by atoms with van der Waals surface area (Å²) in [5.74, 6) is -0.259. The Bertz CT molecular complexity index is 1520. The Morgan fingerprint density at radius 3 is 2.17 bits per heavy atom. The predicted molar refractivity (Wildman–Crippen MR) is 143 cm³/mol. The molecule has 2 aromatic carbocycles. The summed E-state index contributed by atoms with van der Waals surface area (Å²) < 4.78 is 56.2. The first-order valence-corrected chi connectivity index (χ1v) is 16.0. The van der Waals surface area contributed by atoms with Gasteiger partial charge in [-0.1, -0.05) is 24.3 Å². The number of alkyl carbamates (subject to hydrolysis) is 1. The highest BCUT2D eigenvalue weighted by molar-refractivity contribution is 8.01. The van der Waals surface area contributed by atoms with E-state index in [0.29, 0.717) is 15.3 Å². The van der Waals surface area contributed by atoms with Gasteiger partial charge in [0.2, 0.25) is 9.84 Å². The average Bonchev–Trinajstić information content (AvgIpc) is 3.23. The number of carbonyl (C=O) groups is 1. The molecule has 0 spiro atoms. The molecule has 12 heteroatoms. The minimum absolute atomic E-state index is 0.0373. The highest BCUT2D eigenvalue weighted by Crippen LogP contribution is 2.37. The molecule has 0 aliphatic heterocycles. The monoisotopic (exact) mass is 566 g/mol. The smallest absolute Gasteiger partial charge is 0.413 e. The largest absolute Gasteiger partial charge is 0.444 e. The van der Waals surface area contributed by atoms with Crippen molar-refractivity contribution in [2.75, 3.05) is 12.5 Å². The maximum Gasteiger partial charge on any atom is 0.413 e. The number of rotatable bonds is 6. The van der Waals surface area contributed by atoms with Crippen molar-refractivity contribution < 1.29 is 26.4 Å². The van der Waals surface area contributed by atoms with Crippen molar-refractivity contribution in [1.29, 1.82) is 5.41 Å². The highest BCUT2D eigenvalue weighted by Gasteiger charge is 2.26. The lowest BCUT2D eigenvalue weighted by molar-refractivity contribution is 0.0563. The number of nitrogens with one attached hydrogen (secondary N) is 2. The van der Waals surface area contributed by atoms with Gasteiger partial charge in [0.25, 0.3) is 0 Å². The summed E-state index contributed by atoms with van der Waals surface area (Å²) in [5.41, 5.74) is 0.532. The Labute approximate surface area is 219 Å². The van der Waals surface area contributed by atoms with Crippen LogP contribution >= 0.6 is 23.1 Å². The van der Waals surface area contributed by atoms with Crippen LogP contribution in [0.3, 0.4) is 0 Å². The number of ether oxygens (including phenoxy) is 1. The third-order valence-electron chi connectivity index (χ3n) is 4.77. The number of amidine groups is 1. The second-order valence-corrected chi connectivity index (χ2v) is 14.9. The molecule has 192 valence electrons. The summed E-state index contributed by atoms with van der Waals surface area (Å²) in [4.78, 5) is 12.6. The van der Waals surface area contributed by atoms with Crippen LogP contribution in [-0.4, -0.2) is 46.9 Å². The van der Waals surface area contributed by atoms with Gasteiger partial charge < -0.3 is 4.74 Å². The molecule has 1 amide bonds. The Balaban J connectivity index is 1.94. The lowest BCUT2D eigenvalue weighted by Crippen LogP contribution is -2.36. The summed E-state index contributed by atoms with van der Waals surface area (Å²) in [6.07, 6.45) is 2.06. The van der Waals surface area contributed by atoms with Crippen LogP contribution in [0.15, 0.2) is 73.5 Å². The van der Waals surface area contributed by atoms with Crippen molar-refractivity contribution in [3.05, 3.63) is 59.5 Å². The topological polar surface area (TPSA) is 130 Å². The molecule has 0 aliphatic carbocycles. The van der Waals surface area contributed by atoms with E-state index >= 15 is 0 Å². The summed E-state index contributed by atoms with van der Waals surface area (Å²) in [6, 6.07) is 13.9. The zero-order valence-corrected chi connectivity index (χ0v) is 23.5. The van der Waals surface area contributed by atoms with Crippen LogP contribution in [0.1, 0.15) is 25.6 Å². The fraction of sp³-hybridized carbons (Fsp3) is 0.250. The fourth-order valence-electron chi connectivity index (χ4n) is 3.14. The maximum atomic E-state index is 13.6. The number of thioether (sulfide) groups is 1. The predicted octanol–water partition coefficient (Wildman–Crippen LogP) is 5.22. The van der Waals surface area contributed by atoms with Crippen LogP contribution < -0.4 is 5.32 Å².